The number of ether oxygens (including phenoxy) is 6. The number of allylic oxidation sites excluding steroid dienone is 27. The van der Waals surface area contributed by atoms with E-state index in [1.54, 1.807) is 6.08 Å². The van der Waals surface area contributed by atoms with Gasteiger partial charge >= 0.3 is 0 Å². The van der Waals surface area contributed by atoms with Crippen LogP contribution in [0.5, 0.6) is 0 Å². The number of rotatable bonds is 72. The Balaban J connectivity index is 1.37. The van der Waals surface area contributed by atoms with Crippen LogP contribution in [0.4, 0.5) is 0 Å². The van der Waals surface area contributed by atoms with Gasteiger partial charge in [-0.25, -0.2) is 0 Å². The topological polar surface area (TPSA) is 307 Å². The number of hydrogen-bond acceptors (Lipinski definition) is 18. The smallest absolute Gasteiger partial charge is 0.220 e. The average Bonchev–Trinajstić information content (AvgIpc) is 0.777. The fourth-order valence-corrected chi connectivity index (χ4v) is 14.3. The highest BCUT2D eigenvalue weighted by atomic mass is 16.8. The maximum Gasteiger partial charge on any atom is 0.220 e. The lowest BCUT2D eigenvalue weighted by molar-refractivity contribution is -0.379. The number of carbonyl (C=O) groups is 1. The van der Waals surface area contributed by atoms with E-state index >= 15 is 0 Å². The highest BCUT2D eigenvalue weighted by Gasteiger charge is 2.54. The molecule has 17 atom stereocenters. The molecule has 0 aliphatic carbocycles. The summed E-state index contributed by atoms with van der Waals surface area (Å²) >= 11 is 0. The minimum Gasteiger partial charge on any atom is -0.394 e. The number of hydrogen-bond donors (Lipinski definition) is 12. The van der Waals surface area contributed by atoms with Gasteiger partial charge in [0.1, 0.15) is 73.2 Å². The Hall–Kier alpha value is -4.85. The van der Waals surface area contributed by atoms with Gasteiger partial charge in [0.2, 0.25) is 5.91 Å². The number of carbonyl (C=O) groups excluding carboxylic acids is 1. The molecule has 3 rings (SSSR count). The Morgan fingerprint density at radius 3 is 0.957 bits per heavy atom. The lowest BCUT2D eigenvalue weighted by atomic mass is 9.96. The van der Waals surface area contributed by atoms with Crippen molar-refractivity contribution in [3.63, 3.8) is 0 Å². The number of aliphatic hydroxyl groups excluding tert-OH is 11. The fraction of sp³-hybridized carbons (Fsp3) is 0.704. The Morgan fingerprint density at radius 1 is 0.316 bits per heavy atom. The van der Waals surface area contributed by atoms with Crippen molar-refractivity contribution >= 4 is 5.91 Å². The van der Waals surface area contributed by atoms with Crippen LogP contribution < -0.4 is 5.32 Å². The van der Waals surface area contributed by atoms with E-state index in [0.717, 1.165) is 109 Å². The summed E-state index contributed by atoms with van der Waals surface area (Å²) in [5, 5.41) is 121. The summed E-state index contributed by atoms with van der Waals surface area (Å²) in [7, 11) is 0. The van der Waals surface area contributed by atoms with Crippen LogP contribution in [-0.2, 0) is 33.2 Å². The molecular weight excluding hydrogens is 1480 g/mol. The van der Waals surface area contributed by atoms with Crippen molar-refractivity contribution in [3.8, 4) is 0 Å². The second kappa shape index (κ2) is 74.9. The first-order valence-corrected chi connectivity index (χ1v) is 45.9. The molecule has 668 valence electrons. The summed E-state index contributed by atoms with van der Waals surface area (Å²) < 4.78 is 34.5. The molecule has 0 aromatic carbocycles. The molecule has 0 bridgehead atoms. The summed E-state index contributed by atoms with van der Waals surface area (Å²) in [6, 6.07) is -1.03. The van der Waals surface area contributed by atoms with Gasteiger partial charge in [0.25, 0.3) is 0 Å². The molecule has 0 radical (unpaired) electrons. The highest BCUT2D eigenvalue weighted by Crippen LogP contribution is 2.33. The first kappa shape index (κ1) is 106. The summed E-state index contributed by atoms with van der Waals surface area (Å²) in [6.45, 7) is 1.59. The van der Waals surface area contributed by atoms with E-state index in [2.05, 4.69) is 177 Å². The molecule has 3 aliphatic heterocycles. The van der Waals surface area contributed by atoms with Crippen LogP contribution in [0.1, 0.15) is 309 Å². The zero-order valence-electron chi connectivity index (χ0n) is 72.1. The first-order chi connectivity index (χ1) is 57.3. The zero-order valence-corrected chi connectivity index (χ0v) is 72.1. The predicted octanol–water partition coefficient (Wildman–Crippen LogP) is 18.1. The van der Waals surface area contributed by atoms with Gasteiger partial charge in [0.05, 0.1) is 38.6 Å². The summed E-state index contributed by atoms with van der Waals surface area (Å²) in [4.78, 5) is 13.5. The monoisotopic (exact) mass is 1640 g/mol. The van der Waals surface area contributed by atoms with Gasteiger partial charge in [-0.1, -0.05) is 351 Å². The molecular formula is C98H163NO18. The van der Waals surface area contributed by atoms with E-state index in [1.165, 1.54) is 167 Å². The van der Waals surface area contributed by atoms with Gasteiger partial charge in [-0.05, 0) is 122 Å². The first-order valence-electron chi connectivity index (χ1n) is 45.9. The van der Waals surface area contributed by atoms with Crippen molar-refractivity contribution in [3.05, 3.63) is 170 Å². The van der Waals surface area contributed by atoms with Gasteiger partial charge in [-0.3, -0.25) is 4.79 Å². The minimum atomic E-state index is -2.00. The summed E-state index contributed by atoms with van der Waals surface area (Å²) in [5.41, 5.74) is 0. The number of amides is 1. The van der Waals surface area contributed by atoms with Crippen LogP contribution >= 0.6 is 0 Å². The molecule has 117 heavy (non-hydrogen) atoms. The van der Waals surface area contributed by atoms with Crippen molar-refractivity contribution in [1.29, 1.82) is 0 Å². The van der Waals surface area contributed by atoms with Crippen LogP contribution in [0.2, 0.25) is 0 Å². The van der Waals surface area contributed by atoms with Gasteiger partial charge in [-0.15, -0.1) is 0 Å². The second-order valence-corrected chi connectivity index (χ2v) is 31.7. The third-order valence-electron chi connectivity index (χ3n) is 21.5. The van der Waals surface area contributed by atoms with E-state index < -0.39 is 131 Å². The van der Waals surface area contributed by atoms with Crippen molar-refractivity contribution in [2.24, 2.45) is 0 Å². The Kier molecular flexibility index (Phi) is 68.1. The molecule has 0 aromatic rings. The molecule has 1 amide bonds. The third kappa shape index (κ3) is 52.9. The van der Waals surface area contributed by atoms with Crippen molar-refractivity contribution in [1.82, 2.24) is 5.32 Å². The van der Waals surface area contributed by atoms with E-state index in [9.17, 15) is 61.0 Å². The van der Waals surface area contributed by atoms with Crippen LogP contribution in [0.3, 0.4) is 0 Å². The minimum absolute atomic E-state index is 0.169. The molecule has 19 nitrogen and oxygen atoms in total. The van der Waals surface area contributed by atoms with E-state index in [4.69, 9.17) is 28.4 Å². The molecule has 0 saturated carbocycles. The number of aliphatic hydroxyl groups is 11. The van der Waals surface area contributed by atoms with Crippen LogP contribution in [0, 0.1) is 0 Å². The Labute approximate surface area is 707 Å². The van der Waals surface area contributed by atoms with Gasteiger partial charge in [0.15, 0.2) is 18.9 Å². The van der Waals surface area contributed by atoms with Gasteiger partial charge in [0, 0.05) is 6.42 Å². The zero-order chi connectivity index (χ0) is 84.5. The molecule has 3 heterocycles. The maximum absolute atomic E-state index is 13.5. The van der Waals surface area contributed by atoms with Crippen molar-refractivity contribution in [2.75, 3.05) is 26.4 Å². The summed E-state index contributed by atoms with van der Waals surface area (Å²) in [6.07, 6.45) is 86.5. The second-order valence-electron chi connectivity index (χ2n) is 31.7. The number of unbranched alkanes of at least 4 members (excludes halogenated alkanes) is 30. The average molecular weight is 1640 g/mol. The van der Waals surface area contributed by atoms with Crippen molar-refractivity contribution in [2.45, 2.75) is 413 Å². The molecule has 0 aromatic heterocycles. The molecule has 0 spiro atoms. The van der Waals surface area contributed by atoms with Gasteiger partial charge < -0.3 is 89.9 Å². The maximum atomic E-state index is 13.5. The van der Waals surface area contributed by atoms with E-state index in [0.29, 0.717) is 12.8 Å². The highest BCUT2D eigenvalue weighted by molar-refractivity contribution is 5.76. The quantitative estimate of drug-likeness (QED) is 0.0199. The van der Waals surface area contributed by atoms with Gasteiger partial charge in [-0.2, -0.15) is 0 Å². The number of nitrogens with one attached hydrogen (secondary N) is 1. The molecule has 3 aliphatic rings. The molecule has 17 unspecified atom stereocenters. The standard InChI is InChI=1S/C98H163NO18/c1-3-5-7-9-11-13-15-17-19-21-23-25-27-29-31-33-35-37-38-39-40-41-42-44-46-48-50-52-54-56-58-60-62-64-66-68-70-72-74-76-86(104)99-81(82(103)75-73-71-69-67-65-63-61-59-57-55-53-51-49-47-45-43-36-34-32-30-28-26-24-22-20-18-16-14-12-10-8-6-4-2)80-112-96-92(110)89(107)94(84(78-101)114-96)117-98-93(111)90(108)95(85(79-102)115-98)116-97-91(109)88(106)87(105)83(77-100)113-97/h5,7,11,13,17,19,23,25,29,31,35,37,39-40,42,44,48,50,54,56,60,62,65-68,73,75,81-85,87-98,100-103,105-111H,3-4,6,8-10,12,14-16,18,20-22,24,26-28,30,32-34,36,38,41,43,45-47,49,51-53,55,57-59,61,63-64,69-72,74,76-80H2,1-2H3,(H,99,104)/b7-5-,13-11-,19-17-,25-23-,31-29-,37-35-,40-39-,44-42-,50-48-,56-54-,62-60-,67-65+,68-66-,75-73+. The van der Waals surface area contributed by atoms with E-state index in [-0.39, 0.29) is 12.3 Å². The van der Waals surface area contributed by atoms with Crippen molar-refractivity contribution < 1.29 is 89.4 Å². The fourth-order valence-electron chi connectivity index (χ4n) is 14.3. The molecule has 12 N–H and O–H groups in total. The lowest BCUT2D eigenvalue weighted by Gasteiger charge is -2.48. The normalized spacial score (nSPS) is 25.2. The van der Waals surface area contributed by atoms with Crippen LogP contribution in [-0.4, -0.2) is 193 Å². The summed E-state index contributed by atoms with van der Waals surface area (Å²) in [5.74, 6) is -0.332. The van der Waals surface area contributed by atoms with Crippen LogP contribution in [0.15, 0.2) is 170 Å². The molecule has 19 heteroatoms. The lowest BCUT2D eigenvalue weighted by Crippen LogP contribution is -2.66. The third-order valence-corrected chi connectivity index (χ3v) is 21.5. The largest absolute Gasteiger partial charge is 0.394 e. The SMILES string of the molecule is CC/C=C\C/C=C\C/C=C\C/C=C\C/C=C\C/C=C\C/C=C\C/C=C\C/C=C\C/C=C\C/C=C\C/C=C\CCCCC(=O)NC(COC1OC(CO)C(OC2OC(CO)C(OC3OC(CO)C(O)C(O)C3O)C(O)C2O)C(O)C1O)C(O)/C=C/CC/C=C/CCCCCCCCCCCCCCCCCCCCCCCCCCCCC. The Bertz CT molecular complexity index is 2780. The Morgan fingerprint density at radius 2 is 0.598 bits per heavy atom. The molecule has 3 fully saturated rings. The van der Waals surface area contributed by atoms with E-state index in [1.807, 2.05) is 6.08 Å². The molecule has 3 saturated heterocycles. The predicted molar refractivity (Wildman–Crippen MR) is 475 cm³/mol. The van der Waals surface area contributed by atoms with Crippen LogP contribution in [0.25, 0.3) is 0 Å².